The monoisotopic (exact) mass is 1490 g/mol. The van der Waals surface area contributed by atoms with Crippen molar-refractivity contribution < 1.29 is 86.6 Å². The summed E-state index contributed by atoms with van der Waals surface area (Å²) in [6, 6.07) is 10.1. The predicted molar refractivity (Wildman–Crippen MR) is 406 cm³/mol. The van der Waals surface area contributed by atoms with Crippen molar-refractivity contribution in [2.75, 3.05) is 62.9 Å². The molecule has 2 saturated heterocycles. The maximum absolute atomic E-state index is 15.2. The summed E-state index contributed by atoms with van der Waals surface area (Å²) in [5.41, 5.74) is 3.71. The number of aliphatic hydroxyl groups is 3. The predicted octanol–water partition coefficient (Wildman–Crippen LogP) is 8.85. The van der Waals surface area contributed by atoms with E-state index >= 15 is 4.79 Å². The number of nitrogens with one attached hydrogen (secondary N) is 3. The smallest absolute Gasteiger partial charge is 0.312 e. The van der Waals surface area contributed by atoms with Crippen LogP contribution in [-0.4, -0.2) is 166 Å². The molecule has 1 aromatic heterocycles. The number of rotatable bonds is 23. The number of nitrogens with zero attached hydrogens (tertiary/aromatic N) is 4. The van der Waals surface area contributed by atoms with E-state index in [4.69, 9.17) is 34.1 Å². The van der Waals surface area contributed by atoms with Crippen molar-refractivity contribution in [3.63, 3.8) is 0 Å². The van der Waals surface area contributed by atoms with E-state index in [-0.39, 0.29) is 129 Å². The number of unbranched alkanes of at least 4 members (excludes halogenated alkanes) is 3. The molecule has 3 fully saturated rings. The molecular formula is C81H105N8O19+. The fraction of sp³-hybridized carbons (Fsp3) is 0.543. The Morgan fingerprint density at radius 1 is 0.861 bits per heavy atom. The number of phenolic OH excluding ortho intramolecular Hbond substituents is 1. The molecule has 27 heteroatoms. The van der Waals surface area contributed by atoms with Crippen molar-refractivity contribution in [2.45, 2.75) is 195 Å². The second kappa shape index (κ2) is 33.5. The summed E-state index contributed by atoms with van der Waals surface area (Å²) in [5.74, 6) is -9.55. The Labute approximate surface area is 627 Å². The molecule has 10 rings (SSSR count). The van der Waals surface area contributed by atoms with Gasteiger partial charge in [-0.2, -0.15) is 0 Å². The number of urea groups is 1. The SMILES string of the molecule is CO[C@H]1/C=C/O[C@@]2(C)Oc3c(C)c(O)c4c(=O)c(c5oc6cc(N7CCC([N+](C)(C)Cc8ccc(NC(=O)[C@H](CCCNC(N)=O)CC(=O)C9(C(=O)CCCCCCN%10C(=O)CC(C)C%10=O)CCC9)cc8)CC7)cc(=O)c6nc5c4c3=C2O)NC(=O)/C(C)=C\C=C\[C@H](C)[C@H](O)[C@@H](C)[C@@H](O)[C@@H](C)[C@H](OC(C)=O)[C@@H]1C. The van der Waals surface area contributed by atoms with Crippen LogP contribution in [0.15, 0.2) is 86.5 Å². The lowest BCUT2D eigenvalue weighted by atomic mass is 9.61. The topological polar surface area (TPSA) is 383 Å². The maximum atomic E-state index is 15.2. The number of likely N-dealkylation sites (tertiary alicyclic amines) is 1. The normalized spacial score (nSPS) is 25.8. The number of quaternary nitrogens is 1. The van der Waals surface area contributed by atoms with Crippen LogP contribution >= 0.6 is 0 Å². The largest absolute Gasteiger partial charge is 0.507 e. The second-order valence-corrected chi connectivity index (χ2v) is 31.1. The summed E-state index contributed by atoms with van der Waals surface area (Å²) in [6.07, 6.45) is 9.81. The molecule has 6 amide bonds. The van der Waals surface area contributed by atoms with Gasteiger partial charge in [-0.1, -0.05) is 84.2 Å². The molecule has 5 aliphatic rings. The molecule has 582 valence electrons. The van der Waals surface area contributed by atoms with Gasteiger partial charge in [-0.15, -0.1) is 0 Å². The van der Waals surface area contributed by atoms with Gasteiger partial charge < -0.3 is 74.9 Å². The third-order valence-electron chi connectivity index (χ3n) is 23.2. The third kappa shape index (κ3) is 17.0. The van der Waals surface area contributed by atoms with Crippen LogP contribution in [0.25, 0.3) is 38.7 Å². The highest BCUT2D eigenvalue weighted by molar-refractivity contribution is 6.17. The number of imide groups is 1. The number of anilines is 3. The van der Waals surface area contributed by atoms with E-state index < -0.39 is 111 Å². The number of hydrogen-bond donors (Lipinski definition) is 8. The van der Waals surface area contributed by atoms with Crippen LogP contribution in [0.4, 0.5) is 21.9 Å². The van der Waals surface area contributed by atoms with Gasteiger partial charge in [-0.3, -0.25) is 48.1 Å². The zero-order chi connectivity index (χ0) is 78.6. The number of amides is 6. The van der Waals surface area contributed by atoms with Crippen LogP contribution in [0.2, 0.25) is 0 Å². The molecule has 0 spiro atoms. The zero-order valence-electron chi connectivity index (χ0n) is 63.9. The summed E-state index contributed by atoms with van der Waals surface area (Å²) >= 11 is 0. The number of aromatic nitrogens is 1. The molecule has 11 atom stereocenters. The number of carbonyl (C=O) groups is 8. The van der Waals surface area contributed by atoms with Crippen LogP contribution < -0.4 is 47.4 Å². The number of carbonyl (C=O) groups excluding carboxylic acids is 8. The summed E-state index contributed by atoms with van der Waals surface area (Å²) in [5, 5.41) is 55.5. The van der Waals surface area contributed by atoms with Gasteiger partial charge in [-0.05, 0) is 70.6 Å². The van der Waals surface area contributed by atoms with E-state index in [9.17, 15) is 63.6 Å². The number of phenols is 1. The molecule has 27 nitrogen and oxygen atoms in total. The Bertz CT molecular complexity index is 4590. The van der Waals surface area contributed by atoms with Gasteiger partial charge in [0.1, 0.15) is 46.9 Å². The Kier molecular flexibility index (Phi) is 25.1. The second-order valence-electron chi connectivity index (χ2n) is 31.1. The van der Waals surface area contributed by atoms with Crippen molar-refractivity contribution >= 4 is 103 Å². The van der Waals surface area contributed by atoms with E-state index in [1.165, 1.54) is 64.2 Å². The first kappa shape index (κ1) is 81.0. The van der Waals surface area contributed by atoms with Crippen LogP contribution in [0.5, 0.6) is 11.5 Å². The number of primary amides is 1. The highest BCUT2D eigenvalue weighted by Gasteiger charge is 2.50. The summed E-state index contributed by atoms with van der Waals surface area (Å²) in [6.45, 7) is 16.5. The molecule has 1 aliphatic carbocycles. The minimum Gasteiger partial charge on any atom is -0.507 e. The number of ketones is 2. The molecule has 0 radical (unpaired) electrons. The quantitative estimate of drug-likeness (QED) is 0.00575. The lowest BCUT2D eigenvalue weighted by Gasteiger charge is -2.43. The molecule has 4 bridgehead atoms. The first-order valence-corrected chi connectivity index (χ1v) is 37.7. The maximum Gasteiger partial charge on any atom is 0.312 e. The van der Waals surface area contributed by atoms with Gasteiger partial charge >= 0.3 is 17.8 Å². The first-order valence-electron chi connectivity index (χ1n) is 37.7. The number of esters is 1. The molecule has 4 aromatic carbocycles. The van der Waals surface area contributed by atoms with Crippen LogP contribution in [0.1, 0.15) is 156 Å². The van der Waals surface area contributed by atoms with Gasteiger partial charge in [0.15, 0.2) is 22.4 Å². The lowest BCUT2D eigenvalue weighted by Crippen LogP contribution is -2.53. The van der Waals surface area contributed by atoms with Gasteiger partial charge in [0.05, 0.1) is 60.7 Å². The molecule has 9 N–H and O–H groups in total. The van der Waals surface area contributed by atoms with Crippen molar-refractivity contribution in [1.29, 1.82) is 0 Å². The number of aliphatic hydroxyl groups excluding tert-OH is 3. The average molecular weight is 1490 g/mol. The molecule has 5 heterocycles. The number of benzene rings is 4. The highest BCUT2D eigenvalue weighted by atomic mass is 16.7. The molecule has 1 unspecified atom stereocenters. The Morgan fingerprint density at radius 3 is 2.19 bits per heavy atom. The van der Waals surface area contributed by atoms with Crippen LogP contribution in [0, 0.1) is 47.8 Å². The summed E-state index contributed by atoms with van der Waals surface area (Å²) in [7, 11) is 5.72. The Morgan fingerprint density at radius 2 is 1.56 bits per heavy atom. The summed E-state index contributed by atoms with van der Waals surface area (Å²) in [4.78, 5) is 143. The van der Waals surface area contributed by atoms with Crippen molar-refractivity contribution in [2.24, 2.45) is 46.7 Å². The molecular weight excluding hydrogens is 1390 g/mol. The van der Waals surface area contributed by atoms with Crippen molar-refractivity contribution in [3.05, 3.63) is 109 Å². The number of allylic oxidation sites excluding steroid dienone is 2. The number of fused-ring (bicyclic) bond motifs is 2. The molecule has 108 heavy (non-hydrogen) atoms. The minimum atomic E-state index is -2.05. The number of Topliss-reactive ketones (excluding diaryl/α,β-unsaturated/α-hetero) is 2. The van der Waals surface area contributed by atoms with Crippen LogP contribution in [0.3, 0.4) is 0 Å². The minimum absolute atomic E-state index is 0.0146. The van der Waals surface area contributed by atoms with Gasteiger partial charge in [0.2, 0.25) is 28.6 Å². The van der Waals surface area contributed by atoms with Crippen molar-refractivity contribution in [1.82, 2.24) is 15.2 Å². The van der Waals surface area contributed by atoms with E-state index in [1.54, 1.807) is 52.8 Å². The van der Waals surface area contributed by atoms with E-state index in [1.807, 2.05) is 24.3 Å². The fourth-order valence-corrected chi connectivity index (χ4v) is 16.2. The van der Waals surface area contributed by atoms with E-state index in [0.29, 0.717) is 93.4 Å². The Balaban J connectivity index is 0.866. The summed E-state index contributed by atoms with van der Waals surface area (Å²) < 4.78 is 31.5. The van der Waals surface area contributed by atoms with Gasteiger partial charge in [-0.25, -0.2) is 9.78 Å². The third-order valence-corrected chi connectivity index (χ3v) is 23.2. The fourth-order valence-electron chi connectivity index (χ4n) is 16.2. The number of hydrogen-bond acceptors (Lipinski definition) is 21. The molecule has 1 saturated carbocycles. The number of aromatic hydroxyl groups is 1. The standard InChI is InChI=1S/C81H104N8O19/c1-43-20-17-21-44(2)76(100)86-67-71(98)63-62(64-73(49(7)70(63)97)108-80(9,75(64)99)105-37-30-57(104-12)46(4)72(106-50(8)90)48(6)69(96)47(5)68(43)95)66-74(67)107-58-41-54(40-56(91)65(58)85-66)87-35-28-55(29-36-87)89(10,11)42-51-24-26-53(27-25-51)84-77(101)52(22-18-33-83-79(82)103)39-60(93)81(31-19-32-81)59(92)23-15-13-14-16-34-88-61(94)38-45(3)78(88)102/h17,20-21,24-27,30,37,40-41,43,45-48,52,55,57,68-69,72,95-96H,13-16,18-19,22-23,28-29,31-36,38-39,42H2,1-12H3,(H6-,82,83,84,85,86,91,97,98,99,100,101,103)/p+1/b20-17+,37-30+,44-21-/t43-,45?,46+,47+,48+,52+,57-,68-,69+,72+,80-/m0/s1. The number of nitrogens with two attached hydrogens (primary N) is 1. The zero-order valence-corrected chi connectivity index (χ0v) is 63.9. The highest BCUT2D eigenvalue weighted by Crippen LogP contribution is 2.47. The lowest BCUT2D eigenvalue weighted by molar-refractivity contribution is -0.928. The van der Waals surface area contributed by atoms with Gasteiger partial charge in [0.25, 0.3) is 5.91 Å². The average Bonchev–Trinajstić information content (AvgIpc) is 1.40. The number of piperidine rings is 1. The molecule has 4 aliphatic heterocycles. The van der Waals surface area contributed by atoms with Crippen molar-refractivity contribution in [3.8, 4) is 11.5 Å². The van der Waals surface area contributed by atoms with Gasteiger partial charge in [0, 0.05) is 160 Å². The molecule has 5 aromatic rings. The van der Waals surface area contributed by atoms with E-state index in [2.05, 4.69) is 34.9 Å². The van der Waals surface area contributed by atoms with Crippen LogP contribution in [-0.2, 0) is 54.3 Å². The number of methoxy groups -OCH3 is 1. The van der Waals surface area contributed by atoms with E-state index in [0.717, 1.165) is 18.4 Å². The first-order chi connectivity index (χ1) is 51.1. The number of ether oxygens (including phenoxy) is 4. The Hall–Kier alpha value is -9.57.